The normalized spacial score (nSPS) is 12.8. The van der Waals surface area contributed by atoms with Gasteiger partial charge in [-0.1, -0.05) is 45.0 Å². The number of nitrogens with zero attached hydrogens (tertiary/aromatic N) is 1. The number of allylic oxidation sites excluding steroid dienone is 1. The van der Waals surface area contributed by atoms with E-state index in [9.17, 15) is 0 Å². The van der Waals surface area contributed by atoms with Crippen LogP contribution in [0.25, 0.3) is 0 Å². The summed E-state index contributed by atoms with van der Waals surface area (Å²) in [5.41, 5.74) is 1.25. The lowest BCUT2D eigenvalue weighted by Gasteiger charge is -2.37. The summed E-state index contributed by atoms with van der Waals surface area (Å²) >= 11 is 0. The third kappa shape index (κ3) is 6.40. The topological polar surface area (TPSA) is 30.9 Å². The standard InChI is InChI=1S/C19H33NO3Si/c1-7-21-24(22-8-2,23-9-3)20(17-13-16-19(4,5)6)18-14-11-10-12-15-18/h10-15,17H,7-9,16H2,1-6H3/b17-13+. The number of para-hydroxylation sites is 1. The van der Waals surface area contributed by atoms with Crippen molar-refractivity contribution in [3.63, 3.8) is 0 Å². The smallest absolute Gasteiger partial charge is 0.357 e. The molecule has 0 aliphatic heterocycles. The van der Waals surface area contributed by atoms with Crippen LogP contribution in [-0.2, 0) is 13.3 Å². The molecule has 0 heterocycles. The third-order valence-electron chi connectivity index (χ3n) is 3.29. The molecule has 0 atom stereocenters. The van der Waals surface area contributed by atoms with Crippen molar-refractivity contribution in [2.24, 2.45) is 5.41 Å². The highest BCUT2D eigenvalue weighted by molar-refractivity contribution is 6.65. The molecule has 0 radical (unpaired) electrons. The van der Waals surface area contributed by atoms with Crippen molar-refractivity contribution in [1.82, 2.24) is 0 Å². The van der Waals surface area contributed by atoms with Crippen LogP contribution in [0.5, 0.6) is 0 Å². The first-order valence-electron chi connectivity index (χ1n) is 8.81. The molecule has 0 amide bonds. The molecule has 0 bridgehead atoms. The quantitative estimate of drug-likeness (QED) is 0.556. The van der Waals surface area contributed by atoms with Gasteiger partial charge in [0.2, 0.25) is 0 Å². The van der Waals surface area contributed by atoms with Crippen LogP contribution in [0, 0.1) is 5.41 Å². The Kier molecular flexibility index (Phi) is 8.70. The second kappa shape index (κ2) is 9.99. The van der Waals surface area contributed by atoms with Crippen LogP contribution in [0.4, 0.5) is 5.69 Å². The van der Waals surface area contributed by atoms with Crippen molar-refractivity contribution >= 4 is 14.7 Å². The van der Waals surface area contributed by atoms with Crippen LogP contribution < -0.4 is 4.57 Å². The first-order valence-corrected chi connectivity index (χ1v) is 10.5. The lowest BCUT2D eigenvalue weighted by atomic mass is 9.92. The Morgan fingerprint density at radius 1 is 0.917 bits per heavy atom. The van der Waals surface area contributed by atoms with Crippen molar-refractivity contribution in [1.29, 1.82) is 0 Å². The second-order valence-corrected chi connectivity index (χ2v) is 9.07. The first kappa shape index (κ1) is 20.9. The average molecular weight is 352 g/mol. The first-order chi connectivity index (χ1) is 11.4. The molecule has 0 N–H and O–H groups in total. The monoisotopic (exact) mass is 351 g/mol. The molecular formula is C19H33NO3Si. The third-order valence-corrected chi connectivity index (χ3v) is 6.25. The summed E-state index contributed by atoms with van der Waals surface area (Å²) in [5.74, 6) is 0. The van der Waals surface area contributed by atoms with Crippen LogP contribution in [-0.4, -0.2) is 28.8 Å². The Morgan fingerprint density at radius 2 is 1.42 bits per heavy atom. The molecule has 0 spiro atoms. The number of benzene rings is 1. The van der Waals surface area contributed by atoms with Gasteiger partial charge in [-0.15, -0.1) is 0 Å². The maximum Gasteiger partial charge on any atom is 0.637 e. The van der Waals surface area contributed by atoms with Gasteiger partial charge in [-0.3, -0.25) is 0 Å². The molecule has 4 nitrogen and oxygen atoms in total. The molecule has 5 heteroatoms. The van der Waals surface area contributed by atoms with Gasteiger partial charge in [-0.05, 0) is 50.9 Å². The Morgan fingerprint density at radius 3 is 1.83 bits per heavy atom. The van der Waals surface area contributed by atoms with E-state index in [-0.39, 0.29) is 5.41 Å². The molecule has 0 saturated carbocycles. The van der Waals surface area contributed by atoms with Gasteiger partial charge in [0.1, 0.15) is 0 Å². The fraction of sp³-hybridized carbons (Fsp3) is 0.579. The number of anilines is 1. The Hall–Kier alpha value is -1.14. The maximum absolute atomic E-state index is 6.08. The molecule has 0 saturated heterocycles. The fourth-order valence-electron chi connectivity index (χ4n) is 2.32. The van der Waals surface area contributed by atoms with Crippen molar-refractivity contribution in [3.8, 4) is 0 Å². The summed E-state index contributed by atoms with van der Waals surface area (Å²) in [5, 5.41) is 0. The molecule has 0 unspecified atom stereocenters. The van der Waals surface area contributed by atoms with E-state index in [0.717, 1.165) is 12.1 Å². The Balaban J connectivity index is 3.25. The van der Waals surface area contributed by atoms with Gasteiger partial charge in [0.25, 0.3) is 0 Å². The van der Waals surface area contributed by atoms with Gasteiger partial charge in [-0.2, -0.15) is 0 Å². The number of hydrogen-bond acceptors (Lipinski definition) is 4. The van der Waals surface area contributed by atoms with E-state index in [2.05, 4.69) is 49.7 Å². The van der Waals surface area contributed by atoms with Crippen molar-refractivity contribution in [2.75, 3.05) is 24.4 Å². The molecule has 1 aromatic rings. The van der Waals surface area contributed by atoms with Gasteiger partial charge >= 0.3 is 8.97 Å². The summed E-state index contributed by atoms with van der Waals surface area (Å²) in [6.07, 6.45) is 5.20. The van der Waals surface area contributed by atoms with Crippen molar-refractivity contribution in [3.05, 3.63) is 42.6 Å². The molecule has 136 valence electrons. The second-order valence-electron chi connectivity index (χ2n) is 6.68. The molecule has 24 heavy (non-hydrogen) atoms. The summed E-state index contributed by atoms with van der Waals surface area (Å²) in [7, 11) is -3.02. The molecule has 1 aromatic carbocycles. The Labute approximate surface area is 148 Å². The maximum atomic E-state index is 6.08. The molecule has 0 fully saturated rings. The number of hydrogen-bond donors (Lipinski definition) is 0. The van der Waals surface area contributed by atoms with E-state index in [0.29, 0.717) is 19.8 Å². The van der Waals surface area contributed by atoms with E-state index in [1.165, 1.54) is 0 Å². The van der Waals surface area contributed by atoms with Gasteiger partial charge < -0.3 is 17.8 Å². The molecular weight excluding hydrogens is 318 g/mol. The predicted molar refractivity (Wildman–Crippen MR) is 103 cm³/mol. The molecule has 0 aliphatic carbocycles. The summed E-state index contributed by atoms with van der Waals surface area (Å²) < 4.78 is 20.3. The SMILES string of the molecule is CCO[Si](OCC)(OCC)N(/C=C/CC(C)(C)C)c1ccccc1. The highest BCUT2D eigenvalue weighted by Gasteiger charge is 2.48. The minimum Gasteiger partial charge on any atom is -0.357 e. The summed E-state index contributed by atoms with van der Waals surface area (Å²) in [6.45, 7) is 14.2. The summed E-state index contributed by atoms with van der Waals surface area (Å²) in [4.78, 5) is 0. The highest BCUT2D eigenvalue weighted by atomic mass is 28.4. The van der Waals surface area contributed by atoms with E-state index in [1.807, 2.05) is 39.0 Å². The van der Waals surface area contributed by atoms with Crippen LogP contribution >= 0.6 is 0 Å². The van der Waals surface area contributed by atoms with Crippen molar-refractivity contribution < 1.29 is 13.3 Å². The zero-order chi connectivity index (χ0) is 18.1. The van der Waals surface area contributed by atoms with Gasteiger partial charge in [-0.25, -0.2) is 0 Å². The van der Waals surface area contributed by atoms with Crippen molar-refractivity contribution in [2.45, 2.75) is 48.0 Å². The van der Waals surface area contributed by atoms with Crippen LogP contribution in [0.2, 0.25) is 0 Å². The lowest BCUT2D eigenvalue weighted by molar-refractivity contribution is 0.0717. The van der Waals surface area contributed by atoms with E-state index < -0.39 is 8.97 Å². The molecule has 0 aromatic heterocycles. The number of rotatable bonds is 10. The predicted octanol–water partition coefficient (Wildman–Crippen LogP) is 4.99. The van der Waals surface area contributed by atoms with Gasteiger partial charge in [0.15, 0.2) is 0 Å². The fourth-order valence-corrected chi connectivity index (χ4v) is 4.83. The van der Waals surface area contributed by atoms with E-state index >= 15 is 0 Å². The Bertz CT molecular complexity index is 468. The summed E-state index contributed by atoms with van der Waals surface area (Å²) in [6, 6.07) is 10.2. The minimum absolute atomic E-state index is 0.228. The van der Waals surface area contributed by atoms with Crippen LogP contribution in [0.15, 0.2) is 42.6 Å². The lowest BCUT2D eigenvalue weighted by Crippen LogP contribution is -2.59. The highest BCUT2D eigenvalue weighted by Crippen LogP contribution is 2.26. The van der Waals surface area contributed by atoms with Gasteiger partial charge in [0, 0.05) is 25.5 Å². The average Bonchev–Trinajstić information content (AvgIpc) is 2.52. The van der Waals surface area contributed by atoms with Gasteiger partial charge in [0.05, 0.1) is 0 Å². The molecule has 0 aliphatic rings. The minimum atomic E-state index is -3.02. The largest absolute Gasteiger partial charge is 0.637 e. The van der Waals surface area contributed by atoms with E-state index in [4.69, 9.17) is 13.3 Å². The zero-order valence-electron chi connectivity index (χ0n) is 16.0. The zero-order valence-corrected chi connectivity index (χ0v) is 17.0. The molecule has 1 rings (SSSR count). The van der Waals surface area contributed by atoms with Crippen LogP contribution in [0.1, 0.15) is 48.0 Å². The van der Waals surface area contributed by atoms with E-state index in [1.54, 1.807) is 0 Å². The van der Waals surface area contributed by atoms with Crippen LogP contribution in [0.3, 0.4) is 0 Å².